The number of nitrogens with one attached hydrogen (secondary N) is 1. The number of rotatable bonds is 14. The first-order chi connectivity index (χ1) is 24.1. The Hall–Kier alpha value is -3.22. The predicted octanol–water partition coefficient (Wildman–Crippen LogP) is 3.01. The molecule has 5 N–H and O–H groups in total. The Morgan fingerprint density at radius 2 is 1.73 bits per heavy atom. The Bertz CT molecular complexity index is 1930. The topological polar surface area (TPSA) is 178 Å². The number of piperidine rings is 1. The lowest BCUT2D eigenvalue weighted by Crippen LogP contribution is -2.47. The van der Waals surface area contributed by atoms with E-state index in [1.807, 2.05) is 24.3 Å². The minimum atomic E-state index is -5.13. The summed E-state index contributed by atoms with van der Waals surface area (Å²) in [7, 11) is -7.39. The minimum absolute atomic E-state index is 0.0351. The molecule has 12 nitrogen and oxygen atoms in total. The summed E-state index contributed by atoms with van der Waals surface area (Å²) in [5.74, 6) is 0.529. The van der Waals surface area contributed by atoms with Gasteiger partial charge in [-0.05, 0) is 79.6 Å². The number of benzene rings is 3. The molecule has 3 fully saturated rings. The highest BCUT2D eigenvalue weighted by atomic mass is 32.2. The maximum atomic E-state index is 13.8. The molecule has 6 rings (SSSR count). The lowest BCUT2D eigenvalue weighted by atomic mass is 9.88. The first kappa shape index (κ1) is 37.5. The molecule has 2 heterocycles. The lowest BCUT2D eigenvalue weighted by Gasteiger charge is -2.38. The van der Waals surface area contributed by atoms with Crippen LogP contribution in [0.2, 0.25) is 0 Å². The number of aliphatic hydroxyl groups excluding tert-OH is 2. The highest BCUT2D eigenvalue weighted by molar-refractivity contribution is 7.92. The minimum Gasteiger partial charge on any atom is -0.496 e. The molecular weight excluding hydrogens is 709 g/mol. The van der Waals surface area contributed by atoms with Crippen LogP contribution in [0.4, 0.5) is 8.78 Å². The summed E-state index contributed by atoms with van der Waals surface area (Å²) in [5.41, 5.74) is 8.11. The van der Waals surface area contributed by atoms with Crippen LogP contribution in [-0.4, -0.2) is 101 Å². The van der Waals surface area contributed by atoms with Crippen molar-refractivity contribution in [2.24, 2.45) is 5.73 Å². The molecule has 0 unspecified atom stereocenters. The normalized spacial score (nSPS) is 21.0. The van der Waals surface area contributed by atoms with Crippen molar-refractivity contribution in [3.8, 4) is 22.6 Å². The maximum Gasteiger partial charge on any atom is 0.372 e. The Kier molecular flexibility index (Phi) is 10.5. The van der Waals surface area contributed by atoms with Crippen LogP contribution >= 0.6 is 0 Å². The number of hydrogen-bond donors (Lipinski definition) is 4. The summed E-state index contributed by atoms with van der Waals surface area (Å²) in [6.45, 7) is -1.07. The fraction of sp³-hybridized carbons (Fsp3) is 0.486. The molecule has 2 atom stereocenters. The zero-order chi connectivity index (χ0) is 36.7. The van der Waals surface area contributed by atoms with Gasteiger partial charge in [0.25, 0.3) is 0 Å². The van der Waals surface area contributed by atoms with E-state index < -0.39 is 48.3 Å². The van der Waals surface area contributed by atoms with Gasteiger partial charge in [-0.1, -0.05) is 30.3 Å². The van der Waals surface area contributed by atoms with Crippen molar-refractivity contribution < 1.29 is 50.0 Å². The molecule has 3 aliphatic rings. The van der Waals surface area contributed by atoms with E-state index in [0.717, 1.165) is 36.1 Å². The molecular formula is C35H43F2N3O9S2. The number of hydrogen-bond acceptors (Lipinski definition) is 11. The van der Waals surface area contributed by atoms with Gasteiger partial charge in [-0.15, -0.1) is 0 Å². The van der Waals surface area contributed by atoms with Gasteiger partial charge in [-0.2, -0.15) is 13.1 Å². The Morgan fingerprint density at radius 3 is 2.37 bits per heavy atom. The van der Waals surface area contributed by atoms with Crippen molar-refractivity contribution in [3.05, 3.63) is 72.3 Å². The Morgan fingerprint density at radius 1 is 1.02 bits per heavy atom. The quantitative estimate of drug-likeness (QED) is 0.191. The number of sulfonamides is 1. The molecule has 2 saturated heterocycles. The lowest BCUT2D eigenvalue weighted by molar-refractivity contribution is -0.0312. The van der Waals surface area contributed by atoms with E-state index in [1.54, 1.807) is 25.3 Å². The van der Waals surface area contributed by atoms with E-state index in [2.05, 4.69) is 5.32 Å². The number of nitrogens with two attached hydrogens (primary N) is 1. The van der Waals surface area contributed by atoms with Crippen LogP contribution in [0, 0.1) is 0 Å². The molecule has 0 amide bonds. The smallest absolute Gasteiger partial charge is 0.372 e. The number of aliphatic hydroxyl groups is 2. The van der Waals surface area contributed by atoms with Crippen molar-refractivity contribution in [2.75, 3.05) is 46.6 Å². The van der Waals surface area contributed by atoms with Crippen LogP contribution in [0.1, 0.15) is 37.7 Å². The molecule has 2 aliphatic heterocycles. The number of nitrogens with zero attached hydrogens (tertiary/aromatic N) is 1. The third-order valence-electron chi connectivity index (χ3n) is 9.99. The summed E-state index contributed by atoms with van der Waals surface area (Å²) in [4.78, 5) is -0.539. The van der Waals surface area contributed by atoms with E-state index in [0.29, 0.717) is 37.2 Å². The van der Waals surface area contributed by atoms with Gasteiger partial charge in [0.2, 0.25) is 19.9 Å². The van der Waals surface area contributed by atoms with E-state index in [4.69, 9.17) is 25.1 Å². The highest BCUT2D eigenvalue weighted by Gasteiger charge is 2.46. The van der Waals surface area contributed by atoms with Crippen LogP contribution in [0.3, 0.4) is 0 Å². The van der Waals surface area contributed by atoms with Gasteiger partial charge in [-0.25, -0.2) is 16.8 Å². The van der Waals surface area contributed by atoms with Gasteiger partial charge < -0.3 is 35.5 Å². The molecule has 51 heavy (non-hydrogen) atoms. The summed E-state index contributed by atoms with van der Waals surface area (Å²) in [6.07, 6.45) is 2.47. The third kappa shape index (κ3) is 7.78. The molecule has 0 radical (unpaired) electrons. The predicted molar refractivity (Wildman–Crippen MR) is 184 cm³/mol. The molecule has 1 spiro atoms. The van der Waals surface area contributed by atoms with Crippen LogP contribution < -0.4 is 20.5 Å². The van der Waals surface area contributed by atoms with Crippen molar-refractivity contribution >= 4 is 19.9 Å². The van der Waals surface area contributed by atoms with Gasteiger partial charge in [0, 0.05) is 36.8 Å². The molecule has 1 saturated carbocycles. The summed E-state index contributed by atoms with van der Waals surface area (Å²) >= 11 is 0. The van der Waals surface area contributed by atoms with E-state index in [9.17, 15) is 30.7 Å². The van der Waals surface area contributed by atoms with Gasteiger partial charge in [-0.3, -0.25) is 0 Å². The first-order valence-corrected chi connectivity index (χ1v) is 19.6. The Labute approximate surface area is 296 Å². The van der Waals surface area contributed by atoms with Crippen LogP contribution in [0.5, 0.6) is 11.5 Å². The number of ether oxygens (including phenoxy) is 3. The van der Waals surface area contributed by atoms with Gasteiger partial charge in [0.1, 0.15) is 30.8 Å². The second kappa shape index (κ2) is 14.3. The molecule has 0 bridgehead atoms. The van der Waals surface area contributed by atoms with Crippen LogP contribution in [-0.2, 0) is 30.1 Å². The van der Waals surface area contributed by atoms with Crippen molar-refractivity contribution in [2.45, 2.75) is 70.4 Å². The van der Waals surface area contributed by atoms with Gasteiger partial charge >= 0.3 is 5.25 Å². The number of methoxy groups -OCH3 is 1. The largest absolute Gasteiger partial charge is 0.496 e. The second-order valence-corrected chi connectivity index (χ2v) is 17.6. The van der Waals surface area contributed by atoms with Crippen molar-refractivity contribution in [1.82, 2.24) is 9.62 Å². The SMILES string of the molecule is COc1ccc(S(=O)(=O)N2CCC3(CC2)C[C@H](NC[C@H](O)COc2cccc(S(=O)(=O)C(F)(F)CO)c2)CO3)cc1-c1ccc(C2(N)CC2)cc1. The summed E-state index contributed by atoms with van der Waals surface area (Å²) < 4.78 is 98.0. The number of halogens is 2. The van der Waals surface area contributed by atoms with E-state index >= 15 is 0 Å². The van der Waals surface area contributed by atoms with Crippen molar-refractivity contribution in [3.63, 3.8) is 0 Å². The summed E-state index contributed by atoms with van der Waals surface area (Å²) in [6, 6.07) is 17.1. The van der Waals surface area contributed by atoms with Gasteiger partial charge in [0.15, 0.2) is 0 Å². The molecule has 278 valence electrons. The van der Waals surface area contributed by atoms with Crippen molar-refractivity contribution in [1.29, 1.82) is 0 Å². The zero-order valence-electron chi connectivity index (χ0n) is 28.1. The monoisotopic (exact) mass is 751 g/mol. The zero-order valence-corrected chi connectivity index (χ0v) is 29.8. The maximum absolute atomic E-state index is 13.8. The summed E-state index contributed by atoms with van der Waals surface area (Å²) in [5, 5.41) is 18.2. The van der Waals surface area contributed by atoms with E-state index in [-0.39, 0.29) is 48.5 Å². The van der Waals surface area contributed by atoms with Crippen LogP contribution in [0.25, 0.3) is 11.1 Å². The highest BCUT2D eigenvalue weighted by Crippen LogP contribution is 2.44. The fourth-order valence-corrected chi connectivity index (χ4v) is 9.14. The molecule has 16 heteroatoms. The van der Waals surface area contributed by atoms with Crippen LogP contribution in [0.15, 0.2) is 76.5 Å². The second-order valence-electron chi connectivity index (χ2n) is 13.5. The number of alkyl halides is 2. The third-order valence-corrected chi connectivity index (χ3v) is 13.7. The van der Waals surface area contributed by atoms with E-state index in [1.165, 1.54) is 16.4 Å². The first-order valence-electron chi connectivity index (χ1n) is 16.7. The molecule has 3 aromatic rings. The fourth-order valence-electron chi connectivity index (χ4n) is 6.63. The molecule has 1 aliphatic carbocycles. The average molecular weight is 752 g/mol. The Balaban J connectivity index is 1.00. The standard InChI is InChI=1S/C35H43F2N3O9S2/c1-47-32-10-9-30(18-31(32)24-5-7-25(8-6-24)34(38)11-12-34)51(45,46)40-15-13-33(14-16-40)19-26(21-49-33)39-20-27(42)22-48-28-3-2-4-29(17-28)50(43,44)35(36,37)23-41/h2-10,17-18,26-27,39,41-42H,11-16,19-23,38H2,1H3/t26-,27-/m0/s1. The number of sulfone groups is 1. The molecule has 0 aromatic heterocycles. The average Bonchev–Trinajstić information content (AvgIpc) is 3.77. The van der Waals surface area contributed by atoms with Gasteiger partial charge in [0.05, 0.1) is 29.1 Å². The molecule has 3 aromatic carbocycles.